The van der Waals surface area contributed by atoms with Gasteiger partial charge in [0.05, 0.1) is 18.7 Å². The van der Waals surface area contributed by atoms with Gasteiger partial charge in [0, 0.05) is 24.6 Å². The summed E-state index contributed by atoms with van der Waals surface area (Å²) >= 11 is 0. The van der Waals surface area contributed by atoms with Crippen LogP contribution >= 0.6 is 0 Å². The molecule has 0 atom stereocenters. The van der Waals surface area contributed by atoms with Gasteiger partial charge < -0.3 is 10.6 Å². The maximum Gasteiger partial charge on any atom is 0.231 e. The van der Waals surface area contributed by atoms with Gasteiger partial charge >= 0.3 is 0 Å². The Hall–Kier alpha value is -2.30. The lowest BCUT2D eigenvalue weighted by atomic mass is 10.1. The number of aromatic nitrogens is 2. The van der Waals surface area contributed by atoms with E-state index in [1.165, 1.54) is 0 Å². The van der Waals surface area contributed by atoms with Gasteiger partial charge in [-0.3, -0.25) is 9.48 Å². The number of carbonyl (C=O) groups excluding carboxylic acids is 1. The van der Waals surface area contributed by atoms with Gasteiger partial charge in [-0.1, -0.05) is 0 Å². The summed E-state index contributed by atoms with van der Waals surface area (Å²) in [5.74, 6) is 0.0984. The monoisotopic (exact) mass is 242 g/mol. The summed E-state index contributed by atoms with van der Waals surface area (Å²) in [4.78, 5) is 13.8. The molecule has 92 valence electrons. The molecule has 0 spiro atoms. The van der Waals surface area contributed by atoms with E-state index in [-0.39, 0.29) is 5.91 Å². The number of nitrogen functional groups attached to an aromatic ring is 1. The van der Waals surface area contributed by atoms with Gasteiger partial charge in [0.1, 0.15) is 0 Å². The Morgan fingerprint density at radius 2 is 2.22 bits per heavy atom. The van der Waals surface area contributed by atoms with Gasteiger partial charge in [-0.15, -0.1) is 0 Å². The highest BCUT2D eigenvalue weighted by Gasteiger charge is 2.27. The van der Waals surface area contributed by atoms with Crippen molar-refractivity contribution in [2.24, 2.45) is 7.05 Å². The lowest BCUT2D eigenvalue weighted by Gasteiger charge is -2.16. The normalized spacial score (nSPS) is 14.1. The first kappa shape index (κ1) is 10.8. The van der Waals surface area contributed by atoms with E-state index in [0.29, 0.717) is 18.7 Å². The molecule has 0 bridgehead atoms. The van der Waals surface area contributed by atoms with Crippen LogP contribution in [0.25, 0.3) is 0 Å². The highest BCUT2D eigenvalue weighted by atomic mass is 16.2. The average molecular weight is 242 g/mol. The van der Waals surface area contributed by atoms with Gasteiger partial charge in [0.15, 0.2) is 0 Å². The third-order valence-corrected chi connectivity index (χ3v) is 3.13. The van der Waals surface area contributed by atoms with E-state index in [0.717, 1.165) is 16.9 Å². The molecule has 1 aliphatic rings. The van der Waals surface area contributed by atoms with Crippen molar-refractivity contribution in [1.29, 1.82) is 0 Å². The van der Waals surface area contributed by atoms with Crippen molar-refractivity contribution >= 4 is 17.3 Å². The van der Waals surface area contributed by atoms with Crippen LogP contribution in [0.4, 0.5) is 11.4 Å². The van der Waals surface area contributed by atoms with Crippen LogP contribution in [0.2, 0.25) is 0 Å². The maximum absolute atomic E-state index is 12.0. The lowest BCUT2D eigenvalue weighted by Crippen LogP contribution is -2.26. The minimum atomic E-state index is 0.0984. The number of rotatable bonds is 2. The second kappa shape index (κ2) is 3.87. The molecule has 2 aromatic rings. The lowest BCUT2D eigenvalue weighted by molar-refractivity contribution is -0.117. The van der Waals surface area contributed by atoms with Crippen LogP contribution in [0.1, 0.15) is 11.3 Å². The zero-order chi connectivity index (χ0) is 12.7. The molecule has 0 radical (unpaired) electrons. The van der Waals surface area contributed by atoms with Gasteiger partial charge in [0.2, 0.25) is 5.91 Å². The van der Waals surface area contributed by atoms with Gasteiger partial charge in [0.25, 0.3) is 0 Å². The summed E-state index contributed by atoms with van der Waals surface area (Å²) in [5.41, 5.74) is 9.25. The predicted octanol–water partition coefficient (Wildman–Crippen LogP) is 1.09. The summed E-state index contributed by atoms with van der Waals surface area (Å²) in [5, 5.41) is 4.30. The molecule has 1 aliphatic heterocycles. The van der Waals surface area contributed by atoms with Crippen LogP contribution in [0.15, 0.2) is 30.5 Å². The molecule has 0 unspecified atom stereocenters. The molecule has 3 rings (SSSR count). The van der Waals surface area contributed by atoms with E-state index >= 15 is 0 Å². The molecule has 5 nitrogen and oxygen atoms in total. The standard InChI is InChI=1S/C13H14N4O/c1-16-5-4-11(15-16)8-17-12-3-2-10(14)6-9(12)7-13(17)18/h2-6H,7-8,14H2,1H3. The number of carbonyl (C=O) groups is 1. The molecular formula is C13H14N4O. The summed E-state index contributed by atoms with van der Waals surface area (Å²) in [6.45, 7) is 0.511. The van der Waals surface area contributed by atoms with E-state index in [1.807, 2.05) is 37.5 Å². The molecule has 0 saturated carbocycles. The zero-order valence-electron chi connectivity index (χ0n) is 10.1. The molecule has 18 heavy (non-hydrogen) atoms. The van der Waals surface area contributed by atoms with Crippen molar-refractivity contribution < 1.29 is 4.79 Å². The topological polar surface area (TPSA) is 64.2 Å². The first-order valence-electron chi connectivity index (χ1n) is 5.81. The van der Waals surface area contributed by atoms with E-state index in [9.17, 15) is 4.79 Å². The quantitative estimate of drug-likeness (QED) is 0.802. The maximum atomic E-state index is 12.0. The third kappa shape index (κ3) is 1.73. The molecule has 2 N–H and O–H groups in total. The molecule has 1 amide bonds. The molecule has 0 aliphatic carbocycles. The van der Waals surface area contributed by atoms with Crippen LogP contribution in [0.3, 0.4) is 0 Å². The van der Waals surface area contributed by atoms with Crippen LogP contribution in [0.5, 0.6) is 0 Å². The van der Waals surface area contributed by atoms with Crippen LogP contribution in [-0.4, -0.2) is 15.7 Å². The number of fused-ring (bicyclic) bond motifs is 1. The molecular weight excluding hydrogens is 228 g/mol. The average Bonchev–Trinajstić information content (AvgIpc) is 2.84. The largest absolute Gasteiger partial charge is 0.399 e. The molecule has 2 heterocycles. The summed E-state index contributed by atoms with van der Waals surface area (Å²) < 4.78 is 1.74. The van der Waals surface area contributed by atoms with Crippen molar-refractivity contribution in [2.45, 2.75) is 13.0 Å². The van der Waals surface area contributed by atoms with Crippen molar-refractivity contribution in [3.05, 3.63) is 41.7 Å². The van der Waals surface area contributed by atoms with Crippen LogP contribution in [-0.2, 0) is 24.8 Å². The van der Waals surface area contributed by atoms with Crippen molar-refractivity contribution in [3.63, 3.8) is 0 Å². The zero-order valence-corrected chi connectivity index (χ0v) is 10.1. The molecule has 5 heteroatoms. The first-order valence-corrected chi connectivity index (χ1v) is 5.81. The van der Waals surface area contributed by atoms with E-state index in [4.69, 9.17) is 5.73 Å². The second-order valence-corrected chi connectivity index (χ2v) is 4.53. The number of hydrogen-bond donors (Lipinski definition) is 1. The minimum absolute atomic E-state index is 0.0984. The minimum Gasteiger partial charge on any atom is -0.399 e. The molecule has 1 aromatic heterocycles. The fourth-order valence-electron chi connectivity index (χ4n) is 2.29. The van der Waals surface area contributed by atoms with Gasteiger partial charge in [-0.05, 0) is 29.8 Å². The van der Waals surface area contributed by atoms with Crippen LogP contribution in [0, 0.1) is 0 Å². The Bertz CT molecular complexity index is 617. The Balaban J connectivity index is 1.92. The van der Waals surface area contributed by atoms with Gasteiger partial charge in [-0.25, -0.2) is 0 Å². The number of nitrogens with two attached hydrogens (primary N) is 1. The number of aryl methyl sites for hydroxylation is 1. The summed E-state index contributed by atoms with van der Waals surface area (Å²) in [6.07, 6.45) is 2.30. The number of nitrogens with zero attached hydrogens (tertiary/aromatic N) is 3. The third-order valence-electron chi connectivity index (χ3n) is 3.13. The fraction of sp³-hybridized carbons (Fsp3) is 0.231. The Kier molecular flexibility index (Phi) is 2.33. The molecule has 0 fully saturated rings. The molecule has 0 saturated heterocycles. The Labute approximate surface area is 105 Å². The SMILES string of the molecule is Cn1ccc(CN2C(=O)Cc3cc(N)ccc32)n1. The summed E-state index contributed by atoms with van der Waals surface area (Å²) in [6, 6.07) is 7.51. The van der Waals surface area contributed by atoms with Gasteiger partial charge in [-0.2, -0.15) is 5.10 Å². The van der Waals surface area contributed by atoms with E-state index in [1.54, 1.807) is 9.58 Å². The fourth-order valence-corrected chi connectivity index (χ4v) is 2.29. The highest BCUT2D eigenvalue weighted by molar-refractivity contribution is 6.01. The second-order valence-electron chi connectivity index (χ2n) is 4.53. The van der Waals surface area contributed by atoms with Crippen molar-refractivity contribution in [3.8, 4) is 0 Å². The Morgan fingerprint density at radius 1 is 1.39 bits per heavy atom. The van der Waals surface area contributed by atoms with Crippen molar-refractivity contribution in [1.82, 2.24) is 9.78 Å². The number of amides is 1. The Morgan fingerprint density at radius 3 is 2.94 bits per heavy atom. The predicted molar refractivity (Wildman–Crippen MR) is 69.0 cm³/mol. The van der Waals surface area contributed by atoms with Crippen molar-refractivity contribution in [2.75, 3.05) is 10.6 Å². The highest BCUT2D eigenvalue weighted by Crippen LogP contribution is 2.31. The summed E-state index contributed by atoms with van der Waals surface area (Å²) in [7, 11) is 1.87. The molecule has 1 aromatic carbocycles. The van der Waals surface area contributed by atoms with Crippen LogP contribution < -0.4 is 10.6 Å². The number of hydrogen-bond acceptors (Lipinski definition) is 3. The number of anilines is 2. The first-order chi connectivity index (χ1) is 8.63. The number of benzene rings is 1. The van der Waals surface area contributed by atoms with E-state index in [2.05, 4.69) is 5.10 Å². The van der Waals surface area contributed by atoms with E-state index < -0.39 is 0 Å². The smallest absolute Gasteiger partial charge is 0.231 e.